The summed E-state index contributed by atoms with van der Waals surface area (Å²) in [5.41, 5.74) is 0.661. The highest BCUT2D eigenvalue weighted by Crippen LogP contribution is 2.21. The average Bonchev–Trinajstić information content (AvgIpc) is 2.39. The standard InChI is InChI=1S/C12H14N2O3/c15-11(9-1-5-13-6-2-9)10-3-7-14(8-4-10)12(16)17/h1-2,5-6,10H,3-4,7-8H2,(H,16,17). The van der Waals surface area contributed by atoms with Crippen LogP contribution >= 0.6 is 0 Å². The van der Waals surface area contributed by atoms with Gasteiger partial charge < -0.3 is 10.0 Å². The lowest BCUT2D eigenvalue weighted by molar-refractivity contribution is 0.0821. The van der Waals surface area contributed by atoms with E-state index in [4.69, 9.17) is 5.11 Å². The number of pyridine rings is 1. The summed E-state index contributed by atoms with van der Waals surface area (Å²) >= 11 is 0. The first kappa shape index (κ1) is 11.6. The van der Waals surface area contributed by atoms with Crippen LogP contribution in [-0.2, 0) is 0 Å². The molecular formula is C12H14N2O3. The number of Topliss-reactive ketones (excluding diaryl/α,β-unsaturated/α-hetero) is 1. The third-order valence-corrected chi connectivity index (χ3v) is 3.10. The molecule has 2 rings (SSSR count). The quantitative estimate of drug-likeness (QED) is 0.790. The minimum absolute atomic E-state index is 0.0620. The number of amides is 1. The number of carbonyl (C=O) groups is 2. The number of likely N-dealkylation sites (tertiary alicyclic amines) is 1. The molecule has 0 unspecified atom stereocenters. The second-order valence-electron chi connectivity index (χ2n) is 4.14. The van der Waals surface area contributed by atoms with Crippen LogP contribution in [0.1, 0.15) is 23.2 Å². The number of piperidine rings is 1. The summed E-state index contributed by atoms with van der Waals surface area (Å²) in [6.07, 6.45) is 3.50. The number of nitrogens with zero attached hydrogens (tertiary/aromatic N) is 2. The zero-order chi connectivity index (χ0) is 12.3. The van der Waals surface area contributed by atoms with Crippen molar-refractivity contribution in [3.8, 4) is 0 Å². The van der Waals surface area contributed by atoms with Gasteiger partial charge in [-0.05, 0) is 25.0 Å². The van der Waals surface area contributed by atoms with E-state index >= 15 is 0 Å². The SMILES string of the molecule is O=C(c1ccncc1)C1CCN(C(=O)O)CC1. The van der Waals surface area contributed by atoms with Crippen molar-refractivity contribution in [1.29, 1.82) is 0 Å². The van der Waals surface area contributed by atoms with E-state index in [0.717, 1.165) is 0 Å². The number of carboxylic acid groups (broad SMARTS) is 1. The minimum atomic E-state index is -0.903. The molecule has 1 aromatic rings. The summed E-state index contributed by atoms with van der Waals surface area (Å²) in [6.45, 7) is 0.883. The maximum atomic E-state index is 12.1. The van der Waals surface area contributed by atoms with Crippen molar-refractivity contribution in [3.05, 3.63) is 30.1 Å². The number of hydrogen-bond donors (Lipinski definition) is 1. The molecule has 1 aliphatic rings. The highest BCUT2D eigenvalue weighted by Gasteiger charge is 2.27. The average molecular weight is 234 g/mol. The summed E-state index contributed by atoms with van der Waals surface area (Å²) in [5, 5.41) is 8.81. The molecule has 1 saturated heterocycles. The molecule has 90 valence electrons. The molecular weight excluding hydrogens is 220 g/mol. The second kappa shape index (κ2) is 4.95. The molecule has 2 heterocycles. The molecule has 5 nitrogen and oxygen atoms in total. The molecule has 0 aromatic carbocycles. The molecule has 17 heavy (non-hydrogen) atoms. The first-order valence-electron chi connectivity index (χ1n) is 5.60. The van der Waals surface area contributed by atoms with E-state index in [1.807, 2.05) is 0 Å². The molecule has 0 atom stereocenters. The van der Waals surface area contributed by atoms with Gasteiger partial charge in [0.05, 0.1) is 0 Å². The Morgan fingerprint density at radius 2 is 1.82 bits per heavy atom. The molecule has 0 radical (unpaired) electrons. The summed E-state index contributed by atoms with van der Waals surface area (Å²) in [7, 11) is 0. The smallest absolute Gasteiger partial charge is 0.407 e. The van der Waals surface area contributed by atoms with Crippen molar-refractivity contribution in [2.45, 2.75) is 12.8 Å². The van der Waals surface area contributed by atoms with Gasteiger partial charge in [0, 0.05) is 37.0 Å². The van der Waals surface area contributed by atoms with Crippen molar-refractivity contribution < 1.29 is 14.7 Å². The zero-order valence-electron chi connectivity index (χ0n) is 9.37. The minimum Gasteiger partial charge on any atom is -0.465 e. The Labute approximate surface area is 99.1 Å². The molecule has 0 aliphatic carbocycles. The van der Waals surface area contributed by atoms with Crippen LogP contribution in [0.25, 0.3) is 0 Å². The van der Waals surface area contributed by atoms with E-state index in [9.17, 15) is 9.59 Å². The predicted molar refractivity (Wildman–Crippen MR) is 60.9 cm³/mol. The van der Waals surface area contributed by atoms with Gasteiger partial charge in [-0.2, -0.15) is 0 Å². The number of carbonyl (C=O) groups excluding carboxylic acids is 1. The fraction of sp³-hybridized carbons (Fsp3) is 0.417. The Morgan fingerprint density at radius 3 is 2.35 bits per heavy atom. The molecule has 1 N–H and O–H groups in total. The summed E-state index contributed by atoms with van der Waals surface area (Å²) < 4.78 is 0. The maximum Gasteiger partial charge on any atom is 0.407 e. The van der Waals surface area contributed by atoms with Crippen LogP contribution in [0.3, 0.4) is 0 Å². The van der Waals surface area contributed by atoms with E-state index in [2.05, 4.69) is 4.98 Å². The predicted octanol–water partition coefficient (Wildman–Crippen LogP) is 1.65. The number of aromatic nitrogens is 1. The Balaban J connectivity index is 1.98. The van der Waals surface area contributed by atoms with Crippen molar-refractivity contribution >= 4 is 11.9 Å². The molecule has 1 amide bonds. The van der Waals surface area contributed by atoms with Crippen molar-refractivity contribution in [1.82, 2.24) is 9.88 Å². The molecule has 0 bridgehead atoms. The lowest BCUT2D eigenvalue weighted by Gasteiger charge is -2.29. The maximum absolute atomic E-state index is 12.1. The van der Waals surface area contributed by atoms with Gasteiger partial charge in [-0.1, -0.05) is 0 Å². The normalized spacial score (nSPS) is 16.8. The fourth-order valence-corrected chi connectivity index (χ4v) is 2.08. The van der Waals surface area contributed by atoms with Crippen LogP contribution in [0.4, 0.5) is 4.79 Å². The third-order valence-electron chi connectivity index (χ3n) is 3.10. The van der Waals surface area contributed by atoms with Crippen LogP contribution in [0.15, 0.2) is 24.5 Å². The summed E-state index contributed by atoms with van der Waals surface area (Å²) in [5.74, 6) is 0.0328. The van der Waals surface area contributed by atoms with Gasteiger partial charge in [0.1, 0.15) is 0 Å². The lowest BCUT2D eigenvalue weighted by Crippen LogP contribution is -2.39. The Kier molecular flexibility index (Phi) is 3.37. The largest absolute Gasteiger partial charge is 0.465 e. The van der Waals surface area contributed by atoms with E-state index in [0.29, 0.717) is 31.5 Å². The first-order valence-corrected chi connectivity index (χ1v) is 5.60. The Morgan fingerprint density at radius 1 is 1.24 bits per heavy atom. The van der Waals surface area contributed by atoms with E-state index in [1.54, 1.807) is 24.5 Å². The first-order chi connectivity index (χ1) is 8.18. The van der Waals surface area contributed by atoms with Crippen LogP contribution in [0.5, 0.6) is 0 Å². The van der Waals surface area contributed by atoms with E-state index < -0.39 is 6.09 Å². The zero-order valence-corrected chi connectivity index (χ0v) is 9.37. The molecule has 0 spiro atoms. The molecule has 1 aromatic heterocycles. The summed E-state index contributed by atoms with van der Waals surface area (Å²) in [4.78, 5) is 28.0. The summed E-state index contributed by atoms with van der Waals surface area (Å²) in [6, 6.07) is 3.40. The van der Waals surface area contributed by atoms with Crippen LogP contribution in [0, 0.1) is 5.92 Å². The van der Waals surface area contributed by atoms with Crippen molar-refractivity contribution in [3.63, 3.8) is 0 Å². The van der Waals surface area contributed by atoms with Gasteiger partial charge >= 0.3 is 6.09 Å². The molecule has 5 heteroatoms. The third kappa shape index (κ3) is 2.61. The van der Waals surface area contributed by atoms with E-state index in [1.165, 1.54) is 4.90 Å². The number of hydrogen-bond acceptors (Lipinski definition) is 3. The van der Waals surface area contributed by atoms with Crippen molar-refractivity contribution in [2.24, 2.45) is 5.92 Å². The molecule has 1 fully saturated rings. The number of rotatable bonds is 2. The highest BCUT2D eigenvalue weighted by molar-refractivity contribution is 5.97. The van der Waals surface area contributed by atoms with Crippen LogP contribution in [0.2, 0.25) is 0 Å². The molecule has 1 aliphatic heterocycles. The van der Waals surface area contributed by atoms with Gasteiger partial charge in [-0.25, -0.2) is 4.79 Å². The fourth-order valence-electron chi connectivity index (χ4n) is 2.08. The Hall–Kier alpha value is -1.91. The monoisotopic (exact) mass is 234 g/mol. The second-order valence-corrected chi connectivity index (χ2v) is 4.14. The van der Waals surface area contributed by atoms with Gasteiger partial charge in [-0.3, -0.25) is 9.78 Å². The van der Waals surface area contributed by atoms with Crippen LogP contribution < -0.4 is 0 Å². The van der Waals surface area contributed by atoms with Gasteiger partial charge in [0.15, 0.2) is 5.78 Å². The van der Waals surface area contributed by atoms with E-state index in [-0.39, 0.29) is 11.7 Å². The van der Waals surface area contributed by atoms with Crippen LogP contribution in [-0.4, -0.2) is 40.0 Å². The topological polar surface area (TPSA) is 70.5 Å². The lowest BCUT2D eigenvalue weighted by atomic mass is 9.89. The Bertz CT molecular complexity index is 411. The molecule has 0 saturated carbocycles. The number of ketones is 1. The van der Waals surface area contributed by atoms with Gasteiger partial charge in [-0.15, -0.1) is 0 Å². The van der Waals surface area contributed by atoms with Gasteiger partial charge in [0.25, 0.3) is 0 Å². The van der Waals surface area contributed by atoms with Crippen molar-refractivity contribution in [2.75, 3.05) is 13.1 Å². The highest BCUT2D eigenvalue weighted by atomic mass is 16.4. The van der Waals surface area contributed by atoms with Gasteiger partial charge in [0.2, 0.25) is 0 Å².